The first-order chi connectivity index (χ1) is 9.33. The number of anilines is 1. The zero-order chi connectivity index (χ0) is 14.8. The van der Waals surface area contributed by atoms with Crippen molar-refractivity contribution in [1.29, 1.82) is 0 Å². The third-order valence-electron chi connectivity index (χ3n) is 3.69. The Morgan fingerprint density at radius 2 is 2.19 bits per heavy atom. The molecule has 1 aliphatic carbocycles. The highest BCUT2D eigenvalue weighted by Gasteiger charge is 2.25. The third kappa shape index (κ3) is 5.67. The number of carbonyl (C=O) groups excluding carboxylic acids is 1. The molecule has 2 atom stereocenters. The average Bonchev–Trinajstić information content (AvgIpc) is 2.74. The molecule has 21 heavy (non-hydrogen) atoms. The summed E-state index contributed by atoms with van der Waals surface area (Å²) in [5.41, 5.74) is 7.18. The molecule has 6 heteroatoms. The second-order valence-corrected chi connectivity index (χ2v) is 7.13. The first-order valence-corrected chi connectivity index (χ1v) is 7.44. The summed E-state index contributed by atoms with van der Waals surface area (Å²) < 4.78 is 0. The predicted octanol–water partition coefficient (Wildman–Crippen LogP) is 2.88. The van der Waals surface area contributed by atoms with E-state index in [-0.39, 0.29) is 35.7 Å². The molecule has 1 saturated carbocycles. The van der Waals surface area contributed by atoms with Crippen molar-refractivity contribution in [2.24, 2.45) is 17.1 Å². The standard InChI is InChI=1S/C15H26N4O.ClH/c1-15(2,3)9-12-8-13(19-18-12)17-14(20)10-5-4-6-11(16)7-10;/h8,10-11H,4-7,9,16H2,1-3H3,(H2,17,18,19,20);1H. The Kier molecular flexibility index (Phi) is 6.23. The summed E-state index contributed by atoms with van der Waals surface area (Å²) in [6, 6.07) is 2.08. The van der Waals surface area contributed by atoms with Gasteiger partial charge in [-0.15, -0.1) is 12.4 Å². The summed E-state index contributed by atoms with van der Waals surface area (Å²) in [5, 5.41) is 10.1. The van der Waals surface area contributed by atoms with E-state index in [1.165, 1.54) is 0 Å². The monoisotopic (exact) mass is 314 g/mol. The minimum atomic E-state index is 0. The third-order valence-corrected chi connectivity index (χ3v) is 3.69. The predicted molar refractivity (Wildman–Crippen MR) is 87.6 cm³/mol. The Morgan fingerprint density at radius 3 is 2.81 bits per heavy atom. The zero-order valence-electron chi connectivity index (χ0n) is 13.1. The van der Waals surface area contributed by atoms with E-state index in [1.807, 2.05) is 6.07 Å². The van der Waals surface area contributed by atoms with Crippen LogP contribution in [0.3, 0.4) is 0 Å². The van der Waals surface area contributed by atoms with E-state index >= 15 is 0 Å². The number of nitrogens with two attached hydrogens (primary N) is 1. The maximum atomic E-state index is 12.2. The molecule has 4 N–H and O–H groups in total. The summed E-state index contributed by atoms with van der Waals surface area (Å²) >= 11 is 0. The Bertz CT molecular complexity index is 466. The molecule has 1 aromatic heterocycles. The van der Waals surface area contributed by atoms with Gasteiger partial charge in [-0.3, -0.25) is 9.89 Å². The number of H-pyrrole nitrogens is 1. The highest BCUT2D eigenvalue weighted by Crippen LogP contribution is 2.25. The smallest absolute Gasteiger partial charge is 0.228 e. The Balaban J connectivity index is 0.00000220. The number of halogens is 1. The number of hydrogen-bond acceptors (Lipinski definition) is 3. The first kappa shape index (κ1) is 18.0. The number of nitrogens with zero attached hydrogens (tertiary/aromatic N) is 1. The van der Waals surface area contributed by atoms with Crippen LogP contribution in [0.25, 0.3) is 0 Å². The van der Waals surface area contributed by atoms with Crippen molar-refractivity contribution in [3.05, 3.63) is 11.8 Å². The van der Waals surface area contributed by atoms with Crippen LogP contribution < -0.4 is 11.1 Å². The molecule has 0 aliphatic heterocycles. The lowest BCUT2D eigenvalue weighted by Gasteiger charge is -2.25. The molecule has 5 nitrogen and oxygen atoms in total. The molecule has 1 aliphatic rings. The van der Waals surface area contributed by atoms with Gasteiger partial charge in [0.15, 0.2) is 5.82 Å². The minimum Gasteiger partial charge on any atom is -0.328 e. The van der Waals surface area contributed by atoms with Crippen molar-refractivity contribution in [2.45, 2.75) is 58.9 Å². The first-order valence-electron chi connectivity index (χ1n) is 7.44. The molecule has 1 aromatic rings. The molecule has 120 valence electrons. The topological polar surface area (TPSA) is 83.8 Å². The lowest BCUT2D eigenvalue weighted by Crippen LogP contribution is -2.34. The maximum Gasteiger partial charge on any atom is 0.228 e. The molecule has 2 unspecified atom stereocenters. The van der Waals surface area contributed by atoms with Gasteiger partial charge in [0, 0.05) is 23.7 Å². The normalized spacial score (nSPS) is 22.5. The van der Waals surface area contributed by atoms with Gasteiger partial charge in [-0.2, -0.15) is 5.10 Å². The second kappa shape index (κ2) is 7.27. The summed E-state index contributed by atoms with van der Waals surface area (Å²) in [6.45, 7) is 6.53. The summed E-state index contributed by atoms with van der Waals surface area (Å²) in [6.07, 6.45) is 4.69. The van der Waals surface area contributed by atoms with Crippen LogP contribution >= 0.6 is 12.4 Å². The van der Waals surface area contributed by atoms with Gasteiger partial charge >= 0.3 is 0 Å². The number of amides is 1. The molecule has 2 rings (SSSR count). The van der Waals surface area contributed by atoms with Crippen LogP contribution in [-0.4, -0.2) is 22.1 Å². The van der Waals surface area contributed by atoms with Crippen LogP contribution in [-0.2, 0) is 11.2 Å². The fraction of sp³-hybridized carbons (Fsp3) is 0.733. The quantitative estimate of drug-likeness (QED) is 0.802. The van der Waals surface area contributed by atoms with Gasteiger partial charge in [0.1, 0.15) is 0 Å². The maximum absolute atomic E-state index is 12.2. The van der Waals surface area contributed by atoms with Crippen molar-refractivity contribution in [2.75, 3.05) is 5.32 Å². The van der Waals surface area contributed by atoms with Crippen molar-refractivity contribution in [3.8, 4) is 0 Å². The number of hydrogen-bond donors (Lipinski definition) is 3. The number of rotatable bonds is 3. The van der Waals surface area contributed by atoms with Crippen LogP contribution in [0.15, 0.2) is 6.07 Å². The number of aromatic nitrogens is 2. The van der Waals surface area contributed by atoms with E-state index in [9.17, 15) is 4.79 Å². The number of carbonyl (C=O) groups is 1. The fourth-order valence-electron chi connectivity index (χ4n) is 2.78. The van der Waals surface area contributed by atoms with E-state index in [4.69, 9.17) is 5.73 Å². The van der Waals surface area contributed by atoms with Crippen LogP contribution in [0.5, 0.6) is 0 Å². The fourth-order valence-corrected chi connectivity index (χ4v) is 2.78. The number of nitrogens with one attached hydrogen (secondary N) is 2. The highest BCUT2D eigenvalue weighted by molar-refractivity contribution is 5.91. The minimum absolute atomic E-state index is 0. The molecule has 0 saturated heterocycles. The lowest BCUT2D eigenvalue weighted by molar-refractivity contribution is -0.120. The van der Waals surface area contributed by atoms with E-state index in [1.54, 1.807) is 0 Å². The molecular formula is C15H27ClN4O. The Morgan fingerprint density at radius 1 is 1.48 bits per heavy atom. The van der Waals surface area contributed by atoms with Gasteiger partial charge in [-0.05, 0) is 31.1 Å². The van der Waals surface area contributed by atoms with E-state index in [0.29, 0.717) is 5.82 Å². The Hall–Kier alpha value is -1.07. The van der Waals surface area contributed by atoms with E-state index < -0.39 is 0 Å². The second-order valence-electron chi connectivity index (χ2n) is 7.13. The van der Waals surface area contributed by atoms with Crippen molar-refractivity contribution in [3.63, 3.8) is 0 Å². The summed E-state index contributed by atoms with van der Waals surface area (Å²) in [4.78, 5) is 12.2. The molecule has 1 fully saturated rings. The van der Waals surface area contributed by atoms with Crippen LogP contribution in [0.2, 0.25) is 0 Å². The SMILES string of the molecule is CC(C)(C)Cc1cc(NC(=O)C2CCCC(N)C2)n[nH]1.Cl. The van der Waals surface area contributed by atoms with Crippen LogP contribution in [0.1, 0.15) is 52.1 Å². The van der Waals surface area contributed by atoms with Gasteiger partial charge in [0.05, 0.1) is 0 Å². The molecular weight excluding hydrogens is 288 g/mol. The Labute approximate surface area is 132 Å². The van der Waals surface area contributed by atoms with E-state index in [2.05, 4.69) is 36.3 Å². The average molecular weight is 315 g/mol. The van der Waals surface area contributed by atoms with Gasteiger partial charge in [-0.25, -0.2) is 0 Å². The van der Waals surface area contributed by atoms with Gasteiger partial charge < -0.3 is 11.1 Å². The van der Waals surface area contributed by atoms with Crippen LogP contribution in [0, 0.1) is 11.3 Å². The zero-order valence-corrected chi connectivity index (χ0v) is 13.9. The molecule has 0 spiro atoms. The molecule has 0 radical (unpaired) electrons. The molecule has 0 bridgehead atoms. The van der Waals surface area contributed by atoms with Gasteiger partial charge in [0.2, 0.25) is 5.91 Å². The number of aromatic amines is 1. The lowest BCUT2D eigenvalue weighted by atomic mass is 9.85. The van der Waals surface area contributed by atoms with Crippen molar-refractivity contribution < 1.29 is 4.79 Å². The van der Waals surface area contributed by atoms with Crippen molar-refractivity contribution in [1.82, 2.24) is 10.2 Å². The van der Waals surface area contributed by atoms with Gasteiger partial charge in [-0.1, -0.05) is 27.2 Å². The highest BCUT2D eigenvalue weighted by atomic mass is 35.5. The largest absolute Gasteiger partial charge is 0.328 e. The van der Waals surface area contributed by atoms with Crippen molar-refractivity contribution >= 4 is 24.1 Å². The molecule has 0 aromatic carbocycles. The van der Waals surface area contributed by atoms with Crippen LogP contribution in [0.4, 0.5) is 5.82 Å². The molecule has 1 amide bonds. The molecule has 1 heterocycles. The van der Waals surface area contributed by atoms with Gasteiger partial charge in [0.25, 0.3) is 0 Å². The van der Waals surface area contributed by atoms with E-state index in [0.717, 1.165) is 37.8 Å². The summed E-state index contributed by atoms with van der Waals surface area (Å²) in [7, 11) is 0. The summed E-state index contributed by atoms with van der Waals surface area (Å²) in [5.74, 6) is 0.698.